The molecule has 0 aliphatic carbocycles. The number of amides is 1. The van der Waals surface area contributed by atoms with Gasteiger partial charge in [0.05, 0.1) is 35.1 Å². The summed E-state index contributed by atoms with van der Waals surface area (Å²) in [5, 5.41) is 12.4. The molecule has 170 valence electrons. The predicted octanol–water partition coefficient (Wildman–Crippen LogP) is 4.70. The van der Waals surface area contributed by atoms with Gasteiger partial charge < -0.3 is 15.4 Å². The molecule has 0 atom stereocenters. The van der Waals surface area contributed by atoms with Gasteiger partial charge in [-0.15, -0.1) is 0 Å². The van der Waals surface area contributed by atoms with Gasteiger partial charge in [-0.3, -0.25) is 14.5 Å². The highest BCUT2D eigenvalue weighted by atomic mass is 35.5. The molecule has 7 nitrogen and oxygen atoms in total. The Morgan fingerprint density at radius 2 is 2.06 bits per heavy atom. The fourth-order valence-electron chi connectivity index (χ4n) is 3.74. The SMILES string of the molecule is CCn1ncc2c(NCc3ccc(OC)c(Cl)c3)c(C(=O)NCCc3ccccn3)ccc21. The van der Waals surface area contributed by atoms with E-state index in [-0.39, 0.29) is 5.91 Å². The van der Waals surface area contributed by atoms with Crippen LogP contribution in [0, 0.1) is 0 Å². The van der Waals surface area contributed by atoms with Gasteiger partial charge in [-0.2, -0.15) is 5.10 Å². The van der Waals surface area contributed by atoms with Crippen LogP contribution >= 0.6 is 11.6 Å². The molecule has 0 bridgehead atoms. The Labute approximate surface area is 197 Å². The van der Waals surface area contributed by atoms with Gasteiger partial charge >= 0.3 is 0 Å². The van der Waals surface area contributed by atoms with Crippen molar-refractivity contribution in [3.8, 4) is 5.75 Å². The monoisotopic (exact) mass is 463 g/mol. The number of ether oxygens (including phenoxy) is 1. The molecule has 2 heterocycles. The number of hydrogen-bond acceptors (Lipinski definition) is 5. The van der Waals surface area contributed by atoms with E-state index in [0.29, 0.717) is 35.8 Å². The van der Waals surface area contributed by atoms with Crippen LogP contribution in [0.25, 0.3) is 10.9 Å². The van der Waals surface area contributed by atoms with Crippen LogP contribution in [0.2, 0.25) is 5.02 Å². The number of methoxy groups -OCH3 is 1. The van der Waals surface area contributed by atoms with Gasteiger partial charge in [0.25, 0.3) is 5.91 Å². The van der Waals surface area contributed by atoms with Crippen LogP contribution in [0.4, 0.5) is 5.69 Å². The van der Waals surface area contributed by atoms with E-state index in [4.69, 9.17) is 16.3 Å². The summed E-state index contributed by atoms with van der Waals surface area (Å²) in [5.74, 6) is 0.479. The van der Waals surface area contributed by atoms with Crippen molar-refractivity contribution in [2.75, 3.05) is 19.0 Å². The van der Waals surface area contributed by atoms with Gasteiger partial charge in [0.2, 0.25) is 0 Å². The van der Waals surface area contributed by atoms with Gasteiger partial charge in [-0.05, 0) is 48.9 Å². The maximum atomic E-state index is 13.1. The Bertz CT molecular complexity index is 1260. The van der Waals surface area contributed by atoms with Crippen LogP contribution in [0.3, 0.4) is 0 Å². The molecule has 0 saturated heterocycles. The minimum atomic E-state index is -0.146. The molecule has 4 rings (SSSR count). The highest BCUT2D eigenvalue weighted by molar-refractivity contribution is 6.32. The lowest BCUT2D eigenvalue weighted by Gasteiger charge is -2.15. The summed E-state index contributed by atoms with van der Waals surface area (Å²) < 4.78 is 7.15. The number of carbonyl (C=O) groups excluding carboxylic acids is 1. The third-order valence-electron chi connectivity index (χ3n) is 5.45. The van der Waals surface area contributed by atoms with Crippen molar-refractivity contribution < 1.29 is 9.53 Å². The first kappa shape index (κ1) is 22.6. The van der Waals surface area contributed by atoms with Gasteiger partial charge in [0.1, 0.15) is 5.75 Å². The molecule has 33 heavy (non-hydrogen) atoms. The highest BCUT2D eigenvalue weighted by Crippen LogP contribution is 2.30. The smallest absolute Gasteiger partial charge is 0.253 e. The van der Waals surface area contributed by atoms with Crippen molar-refractivity contribution in [1.82, 2.24) is 20.1 Å². The average Bonchev–Trinajstić information content (AvgIpc) is 3.26. The minimum absolute atomic E-state index is 0.146. The summed E-state index contributed by atoms with van der Waals surface area (Å²) >= 11 is 6.28. The molecule has 1 amide bonds. The van der Waals surface area contributed by atoms with Crippen LogP contribution in [-0.4, -0.2) is 34.3 Å². The van der Waals surface area contributed by atoms with Gasteiger partial charge in [0, 0.05) is 43.3 Å². The standard InChI is InChI=1S/C25H26ClN5O2/c1-3-31-22-9-8-19(25(32)28-13-11-18-6-4-5-12-27-18)24(20(22)16-30-31)29-15-17-7-10-23(33-2)21(26)14-17/h4-10,12,14,16,29H,3,11,13,15H2,1-2H3,(H,28,32). The molecule has 2 aromatic carbocycles. The number of halogens is 1. The van der Waals surface area contributed by atoms with E-state index in [1.54, 1.807) is 19.5 Å². The molecule has 4 aromatic rings. The number of benzene rings is 2. The number of hydrogen-bond donors (Lipinski definition) is 2. The van der Waals surface area contributed by atoms with E-state index in [0.717, 1.165) is 34.4 Å². The lowest BCUT2D eigenvalue weighted by Crippen LogP contribution is -2.26. The first-order chi connectivity index (χ1) is 16.1. The number of anilines is 1. The number of aromatic nitrogens is 3. The van der Waals surface area contributed by atoms with E-state index in [9.17, 15) is 4.79 Å². The Morgan fingerprint density at radius 3 is 2.79 bits per heavy atom. The van der Waals surface area contributed by atoms with Gasteiger partial charge in [0.15, 0.2) is 0 Å². The zero-order chi connectivity index (χ0) is 23.2. The van der Waals surface area contributed by atoms with Crippen LogP contribution < -0.4 is 15.4 Å². The summed E-state index contributed by atoms with van der Waals surface area (Å²) in [7, 11) is 1.59. The molecule has 0 aliphatic rings. The Hall–Kier alpha value is -3.58. The lowest BCUT2D eigenvalue weighted by atomic mass is 10.1. The minimum Gasteiger partial charge on any atom is -0.495 e. The second-order valence-corrected chi connectivity index (χ2v) is 7.94. The van der Waals surface area contributed by atoms with Crippen molar-refractivity contribution in [3.05, 3.63) is 82.8 Å². The maximum absolute atomic E-state index is 13.1. The van der Waals surface area contributed by atoms with Crippen molar-refractivity contribution >= 4 is 34.1 Å². The summed E-state index contributed by atoms with van der Waals surface area (Å²) in [6.45, 7) is 3.77. The Balaban J connectivity index is 1.57. The fourth-order valence-corrected chi connectivity index (χ4v) is 4.02. The number of carbonyl (C=O) groups is 1. The van der Waals surface area contributed by atoms with Crippen LogP contribution in [-0.2, 0) is 19.5 Å². The van der Waals surface area contributed by atoms with E-state index in [1.165, 1.54) is 0 Å². The van der Waals surface area contributed by atoms with E-state index >= 15 is 0 Å². The summed E-state index contributed by atoms with van der Waals surface area (Å²) in [6.07, 6.45) is 4.21. The first-order valence-electron chi connectivity index (χ1n) is 10.8. The molecule has 0 saturated carbocycles. The lowest BCUT2D eigenvalue weighted by molar-refractivity contribution is 0.0955. The van der Waals surface area contributed by atoms with Crippen LogP contribution in [0.15, 0.2) is 60.9 Å². The number of rotatable bonds is 9. The summed E-state index contributed by atoms with van der Waals surface area (Å²) in [5.41, 5.74) is 4.19. The third kappa shape index (κ3) is 5.09. The zero-order valence-electron chi connectivity index (χ0n) is 18.6. The van der Waals surface area contributed by atoms with Crippen molar-refractivity contribution in [2.45, 2.75) is 26.4 Å². The van der Waals surface area contributed by atoms with Gasteiger partial charge in [-0.25, -0.2) is 0 Å². The number of nitrogens with one attached hydrogen (secondary N) is 2. The molecule has 2 aromatic heterocycles. The average molecular weight is 464 g/mol. The topological polar surface area (TPSA) is 81.1 Å². The molecule has 0 radical (unpaired) electrons. The molecular formula is C25H26ClN5O2. The quantitative estimate of drug-likeness (QED) is 0.376. The van der Waals surface area contributed by atoms with E-state index in [1.807, 2.05) is 60.1 Å². The number of fused-ring (bicyclic) bond motifs is 1. The molecular weight excluding hydrogens is 438 g/mol. The Kier molecular flexibility index (Phi) is 7.10. The largest absolute Gasteiger partial charge is 0.495 e. The molecule has 0 unspecified atom stereocenters. The van der Waals surface area contributed by atoms with Crippen molar-refractivity contribution in [1.29, 1.82) is 0 Å². The molecule has 2 N–H and O–H groups in total. The molecule has 0 fully saturated rings. The van der Waals surface area contributed by atoms with Crippen LogP contribution in [0.5, 0.6) is 5.75 Å². The Morgan fingerprint density at radius 1 is 1.18 bits per heavy atom. The van der Waals surface area contributed by atoms with Crippen molar-refractivity contribution in [3.63, 3.8) is 0 Å². The van der Waals surface area contributed by atoms with E-state index < -0.39 is 0 Å². The second kappa shape index (κ2) is 10.4. The van der Waals surface area contributed by atoms with Gasteiger partial charge in [-0.1, -0.05) is 23.7 Å². The normalized spacial score (nSPS) is 10.9. The molecule has 0 spiro atoms. The summed E-state index contributed by atoms with van der Waals surface area (Å²) in [4.78, 5) is 17.4. The number of pyridine rings is 1. The number of aryl methyl sites for hydroxylation is 1. The highest BCUT2D eigenvalue weighted by Gasteiger charge is 2.17. The van der Waals surface area contributed by atoms with E-state index in [2.05, 4.69) is 20.7 Å². The van der Waals surface area contributed by atoms with Crippen molar-refractivity contribution in [2.24, 2.45) is 0 Å². The molecule has 0 aliphatic heterocycles. The number of nitrogens with zero attached hydrogens (tertiary/aromatic N) is 3. The van der Waals surface area contributed by atoms with Crippen LogP contribution in [0.1, 0.15) is 28.5 Å². The first-order valence-corrected chi connectivity index (χ1v) is 11.2. The predicted molar refractivity (Wildman–Crippen MR) is 131 cm³/mol. The molecule has 8 heteroatoms. The maximum Gasteiger partial charge on any atom is 0.253 e. The second-order valence-electron chi connectivity index (χ2n) is 7.53. The zero-order valence-corrected chi connectivity index (χ0v) is 19.4. The fraction of sp³-hybridized carbons (Fsp3) is 0.240. The summed E-state index contributed by atoms with van der Waals surface area (Å²) in [6, 6.07) is 15.2. The third-order valence-corrected chi connectivity index (χ3v) is 5.74.